The summed E-state index contributed by atoms with van der Waals surface area (Å²) in [7, 11) is -1.06. The molecule has 7 nitrogen and oxygen atoms in total. The van der Waals surface area contributed by atoms with Gasteiger partial charge in [-0.15, -0.1) is 0 Å². The maximum Gasteiger partial charge on any atom is 0.225 e. The molecule has 2 aliphatic heterocycles. The average Bonchev–Trinajstić information content (AvgIpc) is 2.60. The largest absolute Gasteiger partial charge is 0.340 e. The number of hydrogen-bond acceptors (Lipinski definition) is 5. The van der Waals surface area contributed by atoms with Crippen molar-refractivity contribution in [2.45, 2.75) is 32.4 Å². The highest BCUT2D eigenvalue weighted by molar-refractivity contribution is 7.89. The van der Waals surface area contributed by atoms with Crippen LogP contribution in [0.5, 0.6) is 0 Å². The van der Waals surface area contributed by atoms with Gasteiger partial charge >= 0.3 is 0 Å². The Labute approximate surface area is 153 Å². The van der Waals surface area contributed by atoms with E-state index < -0.39 is 10.0 Å². The summed E-state index contributed by atoms with van der Waals surface area (Å²) in [5, 5.41) is -0.361. The van der Waals surface area contributed by atoms with Gasteiger partial charge in [0.05, 0.1) is 5.25 Å². The summed E-state index contributed by atoms with van der Waals surface area (Å²) in [5.41, 5.74) is 0. The van der Waals surface area contributed by atoms with Crippen molar-refractivity contribution in [2.75, 3.05) is 66.0 Å². The monoisotopic (exact) mass is 374 g/mol. The van der Waals surface area contributed by atoms with Crippen LogP contribution in [0.4, 0.5) is 0 Å². The lowest BCUT2D eigenvalue weighted by Gasteiger charge is -2.36. The molecule has 0 N–H and O–H groups in total. The van der Waals surface area contributed by atoms with Gasteiger partial charge in [-0.1, -0.05) is 6.92 Å². The third-order valence-electron chi connectivity index (χ3n) is 5.40. The Morgan fingerprint density at radius 3 is 2.00 bits per heavy atom. The second kappa shape index (κ2) is 8.79. The van der Waals surface area contributed by atoms with Gasteiger partial charge in [-0.3, -0.25) is 4.79 Å². The fourth-order valence-electron chi connectivity index (χ4n) is 3.34. The molecular formula is C17H34N4O3S. The van der Waals surface area contributed by atoms with Gasteiger partial charge in [0.1, 0.15) is 0 Å². The van der Waals surface area contributed by atoms with E-state index in [-0.39, 0.29) is 17.1 Å². The molecule has 0 saturated carbocycles. The molecule has 2 heterocycles. The topological polar surface area (TPSA) is 64.2 Å². The van der Waals surface area contributed by atoms with Crippen molar-refractivity contribution in [3.8, 4) is 0 Å². The van der Waals surface area contributed by atoms with Gasteiger partial charge in [0, 0.05) is 58.3 Å². The van der Waals surface area contributed by atoms with Crippen molar-refractivity contribution in [2.24, 2.45) is 5.92 Å². The third-order valence-corrected chi connectivity index (χ3v) is 7.68. The van der Waals surface area contributed by atoms with Crippen molar-refractivity contribution in [3.05, 3.63) is 0 Å². The zero-order valence-corrected chi connectivity index (χ0v) is 17.0. The Bertz CT molecular complexity index is 536. The minimum Gasteiger partial charge on any atom is -0.340 e. The minimum absolute atomic E-state index is 0.0285. The summed E-state index contributed by atoms with van der Waals surface area (Å²) in [6, 6.07) is 0. The Morgan fingerprint density at radius 1 is 0.920 bits per heavy atom. The zero-order valence-electron chi connectivity index (χ0n) is 16.1. The van der Waals surface area contributed by atoms with E-state index in [1.807, 2.05) is 11.8 Å². The van der Waals surface area contributed by atoms with Crippen molar-refractivity contribution in [3.63, 3.8) is 0 Å². The number of piperazine rings is 2. The van der Waals surface area contributed by atoms with Crippen molar-refractivity contribution < 1.29 is 13.2 Å². The molecule has 0 radical (unpaired) electrons. The molecule has 2 fully saturated rings. The molecule has 0 spiro atoms. The first-order valence-electron chi connectivity index (χ1n) is 9.40. The Hall–Kier alpha value is -0.700. The molecule has 1 amide bonds. The van der Waals surface area contributed by atoms with Crippen LogP contribution >= 0.6 is 0 Å². The van der Waals surface area contributed by atoms with Crippen LogP contribution in [0.15, 0.2) is 0 Å². The van der Waals surface area contributed by atoms with Crippen LogP contribution < -0.4 is 0 Å². The van der Waals surface area contributed by atoms with E-state index in [1.54, 1.807) is 18.2 Å². The molecule has 25 heavy (non-hydrogen) atoms. The quantitative estimate of drug-likeness (QED) is 0.662. The lowest BCUT2D eigenvalue weighted by atomic mass is 10.1. The Balaban J connectivity index is 1.73. The maximum atomic E-state index is 12.5. The number of amides is 1. The van der Waals surface area contributed by atoms with E-state index in [0.29, 0.717) is 13.1 Å². The van der Waals surface area contributed by atoms with E-state index in [4.69, 9.17) is 0 Å². The standard InChI is InChI=1S/C17H34N4O3S/c1-15(2)25(23,24)21-13-9-19(10-14-21)6-5-16(3)17(22)20-11-7-18(4)8-12-20/h15-16H,5-14H2,1-4H3. The van der Waals surface area contributed by atoms with E-state index in [2.05, 4.69) is 16.8 Å². The molecule has 0 aromatic heterocycles. The molecule has 146 valence electrons. The third kappa shape index (κ3) is 5.39. The highest BCUT2D eigenvalue weighted by Crippen LogP contribution is 2.15. The number of likely N-dealkylation sites (N-methyl/N-ethyl adjacent to an activating group) is 1. The second-order valence-electron chi connectivity index (χ2n) is 7.65. The number of sulfonamides is 1. The SMILES string of the molecule is CC(CCN1CCN(S(=O)(=O)C(C)C)CC1)C(=O)N1CCN(C)CC1. The molecule has 1 atom stereocenters. The summed E-state index contributed by atoms with van der Waals surface area (Å²) in [6.07, 6.45) is 0.835. The van der Waals surface area contributed by atoms with Crippen LogP contribution in [-0.4, -0.2) is 105 Å². The van der Waals surface area contributed by atoms with Crippen LogP contribution in [0.25, 0.3) is 0 Å². The van der Waals surface area contributed by atoms with E-state index in [1.165, 1.54) is 0 Å². The van der Waals surface area contributed by atoms with Gasteiger partial charge in [-0.2, -0.15) is 4.31 Å². The number of hydrogen-bond donors (Lipinski definition) is 0. The van der Waals surface area contributed by atoms with Gasteiger partial charge in [0.25, 0.3) is 0 Å². The van der Waals surface area contributed by atoms with E-state index in [9.17, 15) is 13.2 Å². The number of nitrogens with zero attached hydrogens (tertiary/aromatic N) is 4. The molecule has 0 aliphatic carbocycles. The molecule has 0 aromatic rings. The number of carbonyl (C=O) groups is 1. The Morgan fingerprint density at radius 2 is 1.48 bits per heavy atom. The van der Waals surface area contributed by atoms with Crippen molar-refractivity contribution >= 4 is 15.9 Å². The van der Waals surface area contributed by atoms with Crippen LogP contribution in [0, 0.1) is 5.92 Å². The normalized spacial score (nSPS) is 23.2. The molecule has 2 saturated heterocycles. The molecule has 1 unspecified atom stereocenters. The van der Waals surface area contributed by atoms with Crippen LogP contribution in [0.3, 0.4) is 0 Å². The van der Waals surface area contributed by atoms with Crippen LogP contribution in [-0.2, 0) is 14.8 Å². The zero-order chi connectivity index (χ0) is 18.6. The molecule has 0 bridgehead atoms. The first-order valence-corrected chi connectivity index (χ1v) is 10.9. The van der Waals surface area contributed by atoms with E-state index in [0.717, 1.165) is 52.2 Å². The first-order chi connectivity index (χ1) is 11.7. The Kier molecular flexibility index (Phi) is 7.25. The van der Waals surface area contributed by atoms with Gasteiger partial charge in [-0.05, 0) is 33.9 Å². The predicted octanol–water partition coefficient (Wildman–Crippen LogP) is 0.142. The smallest absolute Gasteiger partial charge is 0.225 e. The molecule has 2 aliphatic rings. The average molecular weight is 375 g/mol. The fourth-order valence-corrected chi connectivity index (χ4v) is 4.61. The predicted molar refractivity (Wildman–Crippen MR) is 99.9 cm³/mol. The highest BCUT2D eigenvalue weighted by atomic mass is 32.2. The van der Waals surface area contributed by atoms with Gasteiger partial charge in [0.2, 0.25) is 15.9 Å². The summed E-state index contributed by atoms with van der Waals surface area (Å²) in [4.78, 5) is 19.0. The van der Waals surface area contributed by atoms with E-state index >= 15 is 0 Å². The first kappa shape index (κ1) is 20.6. The summed E-state index contributed by atoms with van der Waals surface area (Å²) in [5.74, 6) is 0.287. The summed E-state index contributed by atoms with van der Waals surface area (Å²) in [6.45, 7) is 12.5. The van der Waals surface area contributed by atoms with Crippen LogP contribution in [0.2, 0.25) is 0 Å². The van der Waals surface area contributed by atoms with Crippen LogP contribution in [0.1, 0.15) is 27.2 Å². The summed E-state index contributed by atoms with van der Waals surface area (Å²) < 4.78 is 26.0. The van der Waals surface area contributed by atoms with Gasteiger partial charge in [0.15, 0.2) is 0 Å². The van der Waals surface area contributed by atoms with Gasteiger partial charge in [-0.25, -0.2) is 8.42 Å². The lowest BCUT2D eigenvalue weighted by Crippen LogP contribution is -2.51. The minimum atomic E-state index is -3.15. The fraction of sp³-hybridized carbons (Fsp3) is 0.941. The summed E-state index contributed by atoms with van der Waals surface area (Å²) >= 11 is 0. The lowest BCUT2D eigenvalue weighted by molar-refractivity contribution is -0.136. The molecule has 0 aromatic carbocycles. The number of carbonyl (C=O) groups excluding carboxylic acids is 1. The molecule has 8 heteroatoms. The van der Waals surface area contributed by atoms with Crippen molar-refractivity contribution in [1.29, 1.82) is 0 Å². The van der Waals surface area contributed by atoms with Gasteiger partial charge < -0.3 is 14.7 Å². The molecule has 2 rings (SSSR count). The maximum absolute atomic E-state index is 12.5. The number of rotatable bonds is 6. The second-order valence-corrected chi connectivity index (χ2v) is 10.1. The molecular weight excluding hydrogens is 340 g/mol. The highest BCUT2D eigenvalue weighted by Gasteiger charge is 2.30. The van der Waals surface area contributed by atoms with Crippen molar-refractivity contribution in [1.82, 2.24) is 19.0 Å².